The van der Waals surface area contributed by atoms with Crippen LogP contribution >= 0.6 is 0 Å². The predicted molar refractivity (Wildman–Crippen MR) is 69.6 cm³/mol. The Labute approximate surface area is 119 Å². The summed E-state index contributed by atoms with van der Waals surface area (Å²) >= 11 is 0. The van der Waals surface area contributed by atoms with Gasteiger partial charge in [0.2, 0.25) is 5.91 Å². The van der Waals surface area contributed by atoms with Crippen LogP contribution < -0.4 is 19.7 Å². The van der Waals surface area contributed by atoms with Gasteiger partial charge >= 0.3 is 6.29 Å². The highest BCUT2D eigenvalue weighted by Crippen LogP contribution is 2.43. The fourth-order valence-electron chi connectivity index (χ4n) is 2.73. The fraction of sp³-hybridized carbons (Fsp3) is 0.500. The number of carbonyl (C=O) groups excluding carboxylic acids is 1. The molecular weight excluding hydrogens is 282 g/mol. The molecule has 0 radical (unpaired) electrons. The van der Waals surface area contributed by atoms with Crippen LogP contribution in [0.2, 0.25) is 0 Å². The van der Waals surface area contributed by atoms with Gasteiger partial charge in [-0.15, -0.1) is 8.78 Å². The molecule has 1 aromatic rings. The van der Waals surface area contributed by atoms with E-state index in [2.05, 4.69) is 14.8 Å². The monoisotopic (exact) mass is 296 g/mol. The van der Waals surface area contributed by atoms with Gasteiger partial charge in [-0.3, -0.25) is 4.79 Å². The fourth-order valence-corrected chi connectivity index (χ4v) is 2.73. The highest BCUT2D eigenvalue weighted by Gasteiger charge is 2.44. The molecule has 2 heterocycles. The van der Waals surface area contributed by atoms with Crippen molar-refractivity contribution in [3.8, 4) is 11.5 Å². The molecule has 1 saturated carbocycles. The maximum Gasteiger partial charge on any atom is 0.586 e. The molecule has 3 aliphatic rings. The van der Waals surface area contributed by atoms with E-state index >= 15 is 0 Å². The lowest BCUT2D eigenvalue weighted by Gasteiger charge is -2.17. The molecule has 0 bridgehead atoms. The molecule has 1 aromatic carbocycles. The smallest absolute Gasteiger partial charge is 0.395 e. The number of ether oxygens (including phenoxy) is 2. The Hall–Kier alpha value is -1.89. The van der Waals surface area contributed by atoms with E-state index in [9.17, 15) is 13.6 Å². The molecule has 1 aliphatic carbocycles. The van der Waals surface area contributed by atoms with Gasteiger partial charge in [0.05, 0.1) is 6.04 Å². The van der Waals surface area contributed by atoms with Crippen molar-refractivity contribution in [1.29, 1.82) is 0 Å². The number of anilines is 1. The van der Waals surface area contributed by atoms with Crippen LogP contribution in [-0.4, -0.2) is 30.8 Å². The van der Waals surface area contributed by atoms with Gasteiger partial charge in [-0.2, -0.15) is 0 Å². The minimum atomic E-state index is -3.63. The minimum absolute atomic E-state index is 0.0111. The van der Waals surface area contributed by atoms with Crippen LogP contribution in [0, 0.1) is 0 Å². The van der Waals surface area contributed by atoms with Crippen LogP contribution in [0.1, 0.15) is 19.3 Å². The van der Waals surface area contributed by atoms with Crippen molar-refractivity contribution < 1.29 is 23.0 Å². The Bertz CT molecular complexity index is 604. The molecule has 21 heavy (non-hydrogen) atoms. The van der Waals surface area contributed by atoms with Crippen molar-refractivity contribution >= 4 is 11.6 Å². The summed E-state index contributed by atoms with van der Waals surface area (Å²) in [6, 6.07) is 4.70. The van der Waals surface area contributed by atoms with E-state index in [1.54, 1.807) is 11.0 Å². The molecule has 2 fully saturated rings. The minimum Gasteiger partial charge on any atom is -0.395 e. The summed E-state index contributed by atoms with van der Waals surface area (Å²) < 4.78 is 34.8. The molecule has 0 spiro atoms. The molecule has 1 atom stereocenters. The van der Waals surface area contributed by atoms with Crippen LogP contribution in [0.25, 0.3) is 0 Å². The Morgan fingerprint density at radius 1 is 1.19 bits per heavy atom. The van der Waals surface area contributed by atoms with Crippen molar-refractivity contribution in [3.63, 3.8) is 0 Å². The third-order valence-electron chi connectivity index (χ3n) is 3.92. The maximum atomic E-state index is 13.0. The van der Waals surface area contributed by atoms with Gasteiger partial charge in [0.1, 0.15) is 0 Å². The number of carbonyl (C=O) groups is 1. The molecule has 112 valence electrons. The van der Waals surface area contributed by atoms with Crippen LogP contribution in [0.3, 0.4) is 0 Å². The first-order valence-corrected chi connectivity index (χ1v) is 6.99. The Morgan fingerprint density at radius 3 is 2.71 bits per heavy atom. The molecule has 1 saturated heterocycles. The second-order valence-corrected chi connectivity index (χ2v) is 5.57. The first kappa shape index (κ1) is 12.8. The summed E-state index contributed by atoms with van der Waals surface area (Å²) in [5.74, 6) is -0.0699. The lowest BCUT2D eigenvalue weighted by Crippen LogP contribution is -2.39. The number of amides is 1. The summed E-state index contributed by atoms with van der Waals surface area (Å²) in [4.78, 5) is 13.9. The molecule has 1 unspecified atom stereocenters. The number of alkyl halides is 2. The summed E-state index contributed by atoms with van der Waals surface area (Å²) in [6.07, 6.45) is -0.683. The van der Waals surface area contributed by atoms with Gasteiger partial charge in [0, 0.05) is 24.3 Å². The number of halogens is 2. The topological polar surface area (TPSA) is 50.8 Å². The molecule has 2 aliphatic heterocycles. The van der Waals surface area contributed by atoms with E-state index in [1.165, 1.54) is 12.1 Å². The number of hydrogen-bond acceptors (Lipinski definition) is 4. The van der Waals surface area contributed by atoms with E-state index in [0.717, 1.165) is 19.3 Å². The first-order valence-electron chi connectivity index (χ1n) is 6.99. The largest absolute Gasteiger partial charge is 0.586 e. The van der Waals surface area contributed by atoms with E-state index in [1.807, 2.05) is 0 Å². The Balaban J connectivity index is 1.53. The number of hydrogen-bond donors (Lipinski definition) is 1. The molecule has 5 nitrogen and oxygen atoms in total. The second kappa shape index (κ2) is 4.30. The van der Waals surface area contributed by atoms with Crippen molar-refractivity contribution in [2.75, 3.05) is 11.4 Å². The summed E-state index contributed by atoms with van der Waals surface area (Å²) in [7, 11) is 0. The van der Waals surface area contributed by atoms with E-state index in [0.29, 0.717) is 18.3 Å². The highest BCUT2D eigenvalue weighted by atomic mass is 19.3. The molecular formula is C14H14F2N2O3. The highest BCUT2D eigenvalue weighted by molar-refractivity contribution is 5.99. The van der Waals surface area contributed by atoms with Crippen LogP contribution in [0.4, 0.5) is 14.5 Å². The summed E-state index contributed by atoms with van der Waals surface area (Å²) in [6.45, 7) is 0.569. The number of nitrogens with one attached hydrogen (secondary N) is 1. The van der Waals surface area contributed by atoms with Gasteiger partial charge in [0.25, 0.3) is 0 Å². The third-order valence-corrected chi connectivity index (χ3v) is 3.92. The van der Waals surface area contributed by atoms with Gasteiger partial charge < -0.3 is 19.7 Å². The molecule has 7 heteroatoms. The standard InChI is InChI=1S/C14H14F2N2O3/c15-14(16)20-11-4-3-9(7-12(11)21-14)18-6-5-10(13(18)19)17-8-1-2-8/h3-4,7-8,10,17H,1-2,5-6H2. The Morgan fingerprint density at radius 2 is 1.95 bits per heavy atom. The van der Waals surface area contributed by atoms with Gasteiger partial charge in [0.15, 0.2) is 11.5 Å². The van der Waals surface area contributed by atoms with Crippen molar-refractivity contribution in [3.05, 3.63) is 18.2 Å². The first-order chi connectivity index (χ1) is 10.0. The van der Waals surface area contributed by atoms with E-state index in [4.69, 9.17) is 0 Å². The number of nitrogens with zero attached hydrogens (tertiary/aromatic N) is 1. The number of rotatable bonds is 3. The quantitative estimate of drug-likeness (QED) is 0.925. The lowest BCUT2D eigenvalue weighted by molar-refractivity contribution is -0.286. The zero-order valence-electron chi connectivity index (χ0n) is 11.1. The lowest BCUT2D eigenvalue weighted by atomic mass is 10.2. The van der Waals surface area contributed by atoms with Gasteiger partial charge in [-0.1, -0.05) is 0 Å². The van der Waals surface area contributed by atoms with Gasteiger partial charge in [-0.05, 0) is 31.4 Å². The SMILES string of the molecule is O=C1C(NC2CC2)CCN1c1ccc2c(c1)OC(F)(F)O2. The summed E-state index contributed by atoms with van der Waals surface area (Å²) in [5.41, 5.74) is 0.556. The second-order valence-electron chi connectivity index (χ2n) is 5.57. The van der Waals surface area contributed by atoms with Crippen molar-refractivity contribution in [2.24, 2.45) is 0 Å². The van der Waals surface area contributed by atoms with Crippen LogP contribution in [-0.2, 0) is 4.79 Å². The van der Waals surface area contributed by atoms with Crippen LogP contribution in [0.15, 0.2) is 18.2 Å². The summed E-state index contributed by atoms with van der Waals surface area (Å²) in [5, 5.41) is 3.30. The third kappa shape index (κ3) is 2.31. The molecule has 1 amide bonds. The zero-order chi connectivity index (χ0) is 14.6. The molecule has 4 rings (SSSR count). The average Bonchev–Trinajstić information content (AvgIpc) is 3.08. The van der Waals surface area contributed by atoms with Crippen LogP contribution in [0.5, 0.6) is 11.5 Å². The Kier molecular flexibility index (Phi) is 2.63. The average molecular weight is 296 g/mol. The van der Waals surface area contributed by atoms with E-state index < -0.39 is 6.29 Å². The zero-order valence-corrected chi connectivity index (χ0v) is 11.1. The normalized spacial score (nSPS) is 26.5. The maximum absolute atomic E-state index is 13.0. The number of fused-ring (bicyclic) bond motifs is 1. The van der Waals surface area contributed by atoms with E-state index in [-0.39, 0.29) is 23.4 Å². The van der Waals surface area contributed by atoms with Crippen molar-refractivity contribution in [1.82, 2.24) is 5.32 Å². The molecule has 1 N–H and O–H groups in total. The number of benzene rings is 1. The van der Waals surface area contributed by atoms with Crippen molar-refractivity contribution in [2.45, 2.75) is 37.6 Å². The van der Waals surface area contributed by atoms with Gasteiger partial charge in [-0.25, -0.2) is 0 Å². The predicted octanol–water partition coefficient (Wildman–Crippen LogP) is 1.87. The molecule has 0 aromatic heterocycles.